The standard InChI is InChI=1S/C15H24N2O3S/c1-11-4-5-14(21(3,19)20)13(10-11)15(18)12(2)17-8-6-16-7-9-17/h4-5,10,12,15-16,18H,6-9H2,1-3H3. The summed E-state index contributed by atoms with van der Waals surface area (Å²) in [5.41, 5.74) is 1.45. The fourth-order valence-electron chi connectivity index (χ4n) is 2.79. The van der Waals surface area contributed by atoms with E-state index in [1.807, 2.05) is 13.8 Å². The van der Waals surface area contributed by atoms with Crippen molar-refractivity contribution < 1.29 is 13.5 Å². The highest BCUT2D eigenvalue weighted by atomic mass is 32.2. The summed E-state index contributed by atoms with van der Waals surface area (Å²) in [6, 6.07) is 5.02. The number of nitrogens with zero attached hydrogens (tertiary/aromatic N) is 1. The van der Waals surface area contributed by atoms with Crippen LogP contribution in [0.4, 0.5) is 0 Å². The summed E-state index contributed by atoms with van der Waals surface area (Å²) < 4.78 is 23.9. The maximum atomic E-state index is 11.9. The van der Waals surface area contributed by atoms with Crippen LogP contribution in [-0.2, 0) is 9.84 Å². The minimum atomic E-state index is -3.35. The quantitative estimate of drug-likeness (QED) is 0.857. The molecule has 2 atom stereocenters. The molecule has 0 aromatic heterocycles. The second-order valence-electron chi connectivity index (χ2n) is 5.78. The molecule has 1 fully saturated rings. The molecule has 1 saturated heterocycles. The number of aliphatic hydroxyl groups excluding tert-OH is 1. The van der Waals surface area contributed by atoms with Crippen molar-refractivity contribution in [3.63, 3.8) is 0 Å². The van der Waals surface area contributed by atoms with E-state index in [0.29, 0.717) is 5.56 Å². The van der Waals surface area contributed by atoms with E-state index in [2.05, 4.69) is 10.2 Å². The lowest BCUT2D eigenvalue weighted by Gasteiger charge is -2.35. The van der Waals surface area contributed by atoms with Crippen molar-refractivity contribution in [2.24, 2.45) is 0 Å². The highest BCUT2D eigenvalue weighted by molar-refractivity contribution is 7.90. The summed E-state index contributed by atoms with van der Waals surface area (Å²) in [6.07, 6.45) is 0.372. The molecule has 0 saturated carbocycles. The van der Waals surface area contributed by atoms with Gasteiger partial charge in [0.05, 0.1) is 11.0 Å². The minimum Gasteiger partial charge on any atom is -0.387 e. The average Bonchev–Trinajstić information content (AvgIpc) is 2.45. The Balaban J connectivity index is 2.33. The molecule has 6 heteroatoms. The minimum absolute atomic E-state index is 0.116. The van der Waals surface area contributed by atoms with Crippen molar-refractivity contribution in [2.45, 2.75) is 30.9 Å². The molecule has 0 aliphatic carbocycles. The number of rotatable bonds is 4. The number of nitrogens with one attached hydrogen (secondary N) is 1. The highest BCUT2D eigenvalue weighted by Gasteiger charge is 2.28. The zero-order valence-electron chi connectivity index (χ0n) is 12.8. The van der Waals surface area contributed by atoms with E-state index in [-0.39, 0.29) is 10.9 Å². The first-order valence-electron chi connectivity index (χ1n) is 7.24. The molecule has 1 aliphatic rings. The lowest BCUT2D eigenvalue weighted by Crippen LogP contribution is -2.49. The topological polar surface area (TPSA) is 69.6 Å². The predicted molar refractivity (Wildman–Crippen MR) is 83.2 cm³/mol. The van der Waals surface area contributed by atoms with E-state index in [1.54, 1.807) is 18.2 Å². The molecule has 2 N–H and O–H groups in total. The van der Waals surface area contributed by atoms with Gasteiger partial charge in [0.2, 0.25) is 0 Å². The van der Waals surface area contributed by atoms with Gasteiger partial charge < -0.3 is 10.4 Å². The molecule has 1 aromatic rings. The van der Waals surface area contributed by atoms with Crippen LogP contribution in [0.5, 0.6) is 0 Å². The van der Waals surface area contributed by atoms with Gasteiger partial charge in [-0.25, -0.2) is 8.42 Å². The lowest BCUT2D eigenvalue weighted by atomic mass is 10.00. The molecule has 1 heterocycles. The van der Waals surface area contributed by atoms with Crippen LogP contribution in [0.3, 0.4) is 0 Å². The van der Waals surface area contributed by atoms with Crippen molar-refractivity contribution in [1.82, 2.24) is 10.2 Å². The molecule has 5 nitrogen and oxygen atoms in total. The fraction of sp³-hybridized carbons (Fsp3) is 0.600. The highest BCUT2D eigenvalue weighted by Crippen LogP contribution is 2.28. The molecular weight excluding hydrogens is 288 g/mol. The van der Waals surface area contributed by atoms with Gasteiger partial charge in [-0.15, -0.1) is 0 Å². The maximum Gasteiger partial charge on any atom is 0.175 e. The summed E-state index contributed by atoms with van der Waals surface area (Å²) in [7, 11) is -3.35. The van der Waals surface area contributed by atoms with Gasteiger partial charge in [-0.3, -0.25) is 4.90 Å². The Bertz CT molecular complexity index is 595. The molecule has 2 rings (SSSR count). The lowest BCUT2D eigenvalue weighted by molar-refractivity contribution is 0.0493. The van der Waals surface area contributed by atoms with Gasteiger partial charge in [-0.05, 0) is 19.9 Å². The van der Waals surface area contributed by atoms with Gasteiger partial charge in [0.25, 0.3) is 0 Å². The van der Waals surface area contributed by atoms with Crippen LogP contribution in [0.15, 0.2) is 23.1 Å². The number of piperazine rings is 1. The Kier molecular flexibility index (Phi) is 5.03. The monoisotopic (exact) mass is 312 g/mol. The van der Waals surface area contributed by atoms with Crippen molar-refractivity contribution in [2.75, 3.05) is 32.4 Å². The van der Waals surface area contributed by atoms with Crippen LogP contribution in [0.25, 0.3) is 0 Å². The van der Waals surface area contributed by atoms with Crippen molar-refractivity contribution in [3.8, 4) is 0 Å². The number of benzene rings is 1. The molecule has 1 aromatic carbocycles. The van der Waals surface area contributed by atoms with Crippen LogP contribution < -0.4 is 5.32 Å². The number of aliphatic hydroxyl groups is 1. The SMILES string of the molecule is Cc1ccc(S(C)(=O)=O)c(C(O)C(C)N2CCNCC2)c1. The van der Waals surface area contributed by atoms with Crippen LogP contribution in [0, 0.1) is 6.92 Å². The van der Waals surface area contributed by atoms with E-state index in [9.17, 15) is 13.5 Å². The summed E-state index contributed by atoms with van der Waals surface area (Å²) in [4.78, 5) is 2.41. The zero-order chi connectivity index (χ0) is 15.6. The van der Waals surface area contributed by atoms with Crippen molar-refractivity contribution in [3.05, 3.63) is 29.3 Å². The molecule has 118 valence electrons. The summed E-state index contributed by atoms with van der Waals surface area (Å²) >= 11 is 0. The Hall–Kier alpha value is -0.950. The van der Waals surface area contributed by atoms with Gasteiger partial charge in [0.1, 0.15) is 0 Å². The second-order valence-corrected chi connectivity index (χ2v) is 7.77. The van der Waals surface area contributed by atoms with Gasteiger partial charge in [-0.2, -0.15) is 0 Å². The molecular formula is C15H24N2O3S. The predicted octanol–water partition coefficient (Wildman–Crippen LogP) is 0.726. The van der Waals surface area contributed by atoms with Crippen molar-refractivity contribution >= 4 is 9.84 Å². The third kappa shape index (κ3) is 3.83. The number of hydrogen-bond acceptors (Lipinski definition) is 5. The van der Waals surface area contributed by atoms with E-state index >= 15 is 0 Å². The first-order valence-corrected chi connectivity index (χ1v) is 9.13. The van der Waals surface area contributed by atoms with Gasteiger partial charge >= 0.3 is 0 Å². The third-order valence-corrected chi connectivity index (χ3v) is 5.24. The molecule has 0 radical (unpaired) electrons. The third-order valence-electron chi connectivity index (χ3n) is 4.07. The van der Waals surface area contributed by atoms with Crippen molar-refractivity contribution in [1.29, 1.82) is 0 Å². The number of hydrogen-bond donors (Lipinski definition) is 2. The van der Waals surface area contributed by atoms with Crippen LogP contribution in [-0.4, -0.2) is 56.9 Å². The van der Waals surface area contributed by atoms with Crippen LogP contribution in [0.2, 0.25) is 0 Å². The van der Waals surface area contributed by atoms with Gasteiger partial charge in [0.15, 0.2) is 9.84 Å². The molecule has 2 unspecified atom stereocenters. The smallest absolute Gasteiger partial charge is 0.175 e. The average molecular weight is 312 g/mol. The first-order chi connectivity index (χ1) is 9.80. The number of sulfone groups is 1. The van der Waals surface area contributed by atoms with Gasteiger partial charge in [-0.1, -0.05) is 17.7 Å². The number of aryl methyl sites for hydroxylation is 1. The maximum absolute atomic E-state index is 11.9. The molecule has 1 aliphatic heterocycles. The Morgan fingerprint density at radius 3 is 2.48 bits per heavy atom. The van der Waals surface area contributed by atoms with Crippen LogP contribution in [0.1, 0.15) is 24.2 Å². The van der Waals surface area contributed by atoms with E-state index in [0.717, 1.165) is 31.7 Å². The zero-order valence-corrected chi connectivity index (χ0v) is 13.7. The molecule has 0 bridgehead atoms. The summed E-state index contributed by atoms with van der Waals surface area (Å²) in [5, 5.41) is 14.0. The Morgan fingerprint density at radius 1 is 1.29 bits per heavy atom. The fourth-order valence-corrected chi connectivity index (χ4v) is 3.71. The van der Waals surface area contributed by atoms with E-state index in [1.165, 1.54) is 6.26 Å². The van der Waals surface area contributed by atoms with E-state index in [4.69, 9.17) is 0 Å². The Morgan fingerprint density at radius 2 is 1.90 bits per heavy atom. The largest absolute Gasteiger partial charge is 0.387 e. The molecule has 21 heavy (non-hydrogen) atoms. The molecule has 0 spiro atoms. The van der Waals surface area contributed by atoms with Gasteiger partial charge in [0, 0.05) is 44.0 Å². The van der Waals surface area contributed by atoms with E-state index < -0.39 is 15.9 Å². The van der Waals surface area contributed by atoms with Crippen LogP contribution >= 0.6 is 0 Å². The first kappa shape index (κ1) is 16.4. The molecule has 0 amide bonds. The summed E-state index contributed by atoms with van der Waals surface area (Å²) in [6.45, 7) is 7.35. The Labute approximate surface area is 126 Å². The summed E-state index contributed by atoms with van der Waals surface area (Å²) in [5.74, 6) is 0. The second kappa shape index (κ2) is 6.44. The normalized spacial score (nSPS) is 20.2.